The molecule has 0 fully saturated rings. The van der Waals surface area contributed by atoms with E-state index in [0.717, 1.165) is 16.7 Å². The Morgan fingerprint density at radius 3 is 2.77 bits per heavy atom. The monoisotopic (exact) mass is 310 g/mol. The minimum Gasteiger partial charge on any atom is -0.506 e. The first kappa shape index (κ1) is 14.1. The number of aromatic nitrogens is 3. The molecule has 0 aliphatic rings. The molecule has 0 saturated heterocycles. The van der Waals surface area contributed by atoms with E-state index in [2.05, 4.69) is 16.2 Å². The summed E-state index contributed by atoms with van der Waals surface area (Å²) >= 11 is 5.96. The maximum absolute atomic E-state index is 9.53. The van der Waals surface area contributed by atoms with Crippen molar-refractivity contribution >= 4 is 11.6 Å². The largest absolute Gasteiger partial charge is 0.506 e. The number of nitriles is 1. The summed E-state index contributed by atoms with van der Waals surface area (Å²) in [5.74, 6) is 0.0164. The van der Waals surface area contributed by atoms with Crippen molar-refractivity contribution in [2.45, 2.75) is 6.54 Å². The molecule has 0 amide bonds. The third-order valence-corrected chi connectivity index (χ3v) is 3.58. The van der Waals surface area contributed by atoms with Crippen molar-refractivity contribution in [3.05, 3.63) is 65.2 Å². The molecule has 1 aromatic heterocycles. The van der Waals surface area contributed by atoms with Crippen LogP contribution in [0.2, 0.25) is 5.02 Å². The van der Waals surface area contributed by atoms with Gasteiger partial charge in [-0.1, -0.05) is 23.7 Å². The lowest BCUT2D eigenvalue weighted by Crippen LogP contribution is -2.00. The molecule has 3 aromatic rings. The molecule has 6 heteroatoms. The number of phenols is 1. The Bertz CT molecular complexity index is 853. The van der Waals surface area contributed by atoms with Gasteiger partial charge < -0.3 is 5.11 Å². The Kier molecular flexibility index (Phi) is 3.77. The molecule has 3 rings (SSSR count). The lowest BCUT2D eigenvalue weighted by Gasteiger charge is -2.09. The van der Waals surface area contributed by atoms with Gasteiger partial charge >= 0.3 is 0 Å². The number of hydrogen-bond donors (Lipinski definition) is 1. The molecule has 0 aliphatic heterocycles. The molecular weight excluding hydrogens is 300 g/mol. The Labute approximate surface area is 132 Å². The number of phenolic OH excluding ortho intramolecular Hbond substituents is 1. The van der Waals surface area contributed by atoms with Crippen molar-refractivity contribution in [3.8, 4) is 22.9 Å². The molecule has 1 N–H and O–H groups in total. The second-order valence-electron chi connectivity index (χ2n) is 4.75. The number of hydrogen-bond acceptors (Lipinski definition) is 4. The van der Waals surface area contributed by atoms with Gasteiger partial charge in [-0.15, -0.1) is 0 Å². The van der Waals surface area contributed by atoms with Crippen LogP contribution in [0.15, 0.2) is 49.1 Å². The van der Waals surface area contributed by atoms with Gasteiger partial charge in [0.05, 0.1) is 23.2 Å². The molecular formula is C16H11ClN4O. The van der Waals surface area contributed by atoms with Gasteiger partial charge in [0.25, 0.3) is 0 Å². The van der Waals surface area contributed by atoms with Crippen LogP contribution in [-0.2, 0) is 6.54 Å². The van der Waals surface area contributed by atoms with E-state index < -0.39 is 0 Å². The van der Waals surface area contributed by atoms with Crippen LogP contribution in [0.5, 0.6) is 5.75 Å². The van der Waals surface area contributed by atoms with Crippen LogP contribution in [0.3, 0.4) is 0 Å². The van der Waals surface area contributed by atoms with Crippen molar-refractivity contribution < 1.29 is 5.11 Å². The maximum atomic E-state index is 9.53. The smallest absolute Gasteiger partial charge is 0.137 e. The van der Waals surface area contributed by atoms with Gasteiger partial charge in [-0.05, 0) is 41.0 Å². The highest BCUT2D eigenvalue weighted by Gasteiger charge is 2.09. The first-order valence-electron chi connectivity index (χ1n) is 6.51. The van der Waals surface area contributed by atoms with Crippen LogP contribution in [-0.4, -0.2) is 19.9 Å². The van der Waals surface area contributed by atoms with Crippen molar-refractivity contribution in [2.75, 3.05) is 0 Å². The fourth-order valence-corrected chi connectivity index (χ4v) is 2.38. The number of nitrogens with zero attached hydrogens (tertiary/aromatic N) is 4. The molecule has 0 spiro atoms. The van der Waals surface area contributed by atoms with E-state index in [1.165, 1.54) is 12.4 Å². The van der Waals surface area contributed by atoms with Crippen LogP contribution >= 0.6 is 11.6 Å². The summed E-state index contributed by atoms with van der Waals surface area (Å²) in [6, 6.07) is 12.6. The van der Waals surface area contributed by atoms with Crippen molar-refractivity contribution in [1.82, 2.24) is 14.8 Å². The normalized spacial score (nSPS) is 10.4. The topological polar surface area (TPSA) is 74.7 Å². The van der Waals surface area contributed by atoms with E-state index >= 15 is 0 Å². The third kappa shape index (κ3) is 2.78. The number of rotatable bonds is 3. The fraction of sp³-hybridized carbons (Fsp3) is 0.0625. The second kappa shape index (κ2) is 5.88. The minimum atomic E-state index is 0.0164. The average molecular weight is 311 g/mol. The summed E-state index contributed by atoms with van der Waals surface area (Å²) in [5.41, 5.74) is 3.08. The van der Waals surface area contributed by atoms with E-state index in [0.29, 0.717) is 12.1 Å². The molecule has 0 saturated carbocycles. The third-order valence-electron chi connectivity index (χ3n) is 3.27. The summed E-state index contributed by atoms with van der Waals surface area (Å²) in [6.45, 7) is 0.560. The summed E-state index contributed by atoms with van der Waals surface area (Å²) in [7, 11) is 0. The molecule has 0 atom stereocenters. The highest BCUT2D eigenvalue weighted by molar-refractivity contribution is 6.32. The second-order valence-corrected chi connectivity index (χ2v) is 5.16. The average Bonchev–Trinajstić information content (AvgIpc) is 3.03. The van der Waals surface area contributed by atoms with Crippen LogP contribution in [0.25, 0.3) is 11.1 Å². The lowest BCUT2D eigenvalue weighted by atomic mass is 9.97. The zero-order chi connectivity index (χ0) is 15.5. The first-order chi connectivity index (χ1) is 10.7. The highest BCUT2D eigenvalue weighted by atomic mass is 35.5. The molecule has 0 aliphatic carbocycles. The van der Waals surface area contributed by atoms with Crippen LogP contribution < -0.4 is 0 Å². The van der Waals surface area contributed by atoms with Gasteiger partial charge in [0.15, 0.2) is 0 Å². The molecule has 108 valence electrons. The maximum Gasteiger partial charge on any atom is 0.137 e. The van der Waals surface area contributed by atoms with E-state index in [4.69, 9.17) is 11.6 Å². The summed E-state index contributed by atoms with van der Waals surface area (Å²) in [5, 5.41) is 23.1. The quantitative estimate of drug-likeness (QED) is 0.806. The standard InChI is InChI=1S/C16H11ClN4O/c17-15-6-12(3-4-16(15)22)14-5-11(1-2-13(14)7-18)8-21-10-19-9-20-21/h1-6,9-10,22H,8H2. The summed E-state index contributed by atoms with van der Waals surface area (Å²) in [6.07, 6.45) is 3.11. The SMILES string of the molecule is N#Cc1ccc(Cn2cncn2)cc1-c1ccc(O)c(Cl)c1. The fourth-order valence-electron chi connectivity index (χ4n) is 2.20. The predicted octanol–water partition coefficient (Wildman–Crippen LogP) is 3.22. The number of benzene rings is 2. The van der Waals surface area contributed by atoms with Gasteiger partial charge in [0.2, 0.25) is 0 Å². The number of aromatic hydroxyl groups is 1. The Hall–Kier alpha value is -2.84. The summed E-state index contributed by atoms with van der Waals surface area (Å²) < 4.78 is 1.70. The van der Waals surface area contributed by atoms with Gasteiger partial charge in [-0.2, -0.15) is 10.4 Å². The van der Waals surface area contributed by atoms with E-state index in [1.807, 2.05) is 12.1 Å². The highest BCUT2D eigenvalue weighted by Crippen LogP contribution is 2.31. The van der Waals surface area contributed by atoms with Crippen molar-refractivity contribution in [3.63, 3.8) is 0 Å². The van der Waals surface area contributed by atoms with E-state index in [1.54, 1.807) is 29.2 Å². The van der Waals surface area contributed by atoms with Gasteiger partial charge in [-0.3, -0.25) is 0 Å². The Morgan fingerprint density at radius 1 is 1.23 bits per heavy atom. The van der Waals surface area contributed by atoms with E-state index in [-0.39, 0.29) is 10.8 Å². The Balaban J connectivity index is 2.04. The zero-order valence-electron chi connectivity index (χ0n) is 11.4. The first-order valence-corrected chi connectivity index (χ1v) is 6.89. The zero-order valence-corrected chi connectivity index (χ0v) is 12.2. The molecule has 1 heterocycles. The molecule has 0 unspecified atom stereocenters. The van der Waals surface area contributed by atoms with Gasteiger partial charge in [0.1, 0.15) is 18.4 Å². The van der Waals surface area contributed by atoms with Crippen LogP contribution in [0.1, 0.15) is 11.1 Å². The molecule has 2 aromatic carbocycles. The van der Waals surface area contributed by atoms with Crippen molar-refractivity contribution in [2.24, 2.45) is 0 Å². The van der Waals surface area contributed by atoms with Crippen LogP contribution in [0.4, 0.5) is 0 Å². The number of halogens is 1. The summed E-state index contributed by atoms with van der Waals surface area (Å²) in [4.78, 5) is 3.91. The minimum absolute atomic E-state index is 0.0164. The molecule has 5 nitrogen and oxygen atoms in total. The van der Waals surface area contributed by atoms with Crippen molar-refractivity contribution in [1.29, 1.82) is 5.26 Å². The van der Waals surface area contributed by atoms with Gasteiger partial charge in [0, 0.05) is 0 Å². The Morgan fingerprint density at radius 2 is 2.09 bits per heavy atom. The van der Waals surface area contributed by atoms with Gasteiger partial charge in [-0.25, -0.2) is 9.67 Å². The van der Waals surface area contributed by atoms with E-state index in [9.17, 15) is 10.4 Å². The predicted molar refractivity (Wildman–Crippen MR) is 82.4 cm³/mol. The van der Waals surface area contributed by atoms with Crippen LogP contribution in [0, 0.1) is 11.3 Å². The lowest BCUT2D eigenvalue weighted by molar-refractivity contribution is 0.475. The molecule has 22 heavy (non-hydrogen) atoms. The molecule has 0 bridgehead atoms. The molecule has 0 radical (unpaired) electrons.